The van der Waals surface area contributed by atoms with Crippen LogP contribution in [0.2, 0.25) is 5.02 Å². The first-order valence-electron chi connectivity index (χ1n) is 4.83. The van der Waals surface area contributed by atoms with E-state index in [9.17, 15) is 10.1 Å². The predicted molar refractivity (Wildman–Crippen MR) is 65.2 cm³/mol. The van der Waals surface area contributed by atoms with E-state index in [4.69, 9.17) is 21.2 Å². The first kappa shape index (κ1) is 12.1. The second-order valence-corrected chi connectivity index (χ2v) is 3.78. The average molecular weight is 267 g/mol. The topological polar surface area (TPSA) is 88.9 Å². The van der Waals surface area contributed by atoms with Crippen molar-refractivity contribution in [3.05, 3.63) is 51.2 Å². The molecule has 0 aliphatic carbocycles. The van der Waals surface area contributed by atoms with Crippen LogP contribution in [0.5, 0.6) is 0 Å². The molecule has 0 atom stereocenters. The van der Waals surface area contributed by atoms with Crippen molar-refractivity contribution >= 4 is 23.5 Å². The van der Waals surface area contributed by atoms with Crippen LogP contribution in [0.4, 0.5) is 5.69 Å². The first-order chi connectivity index (χ1) is 8.61. The van der Waals surface area contributed by atoms with Crippen molar-refractivity contribution < 1.29 is 14.5 Å². The summed E-state index contributed by atoms with van der Waals surface area (Å²) in [7, 11) is 0. The second kappa shape index (κ2) is 4.89. The van der Waals surface area contributed by atoms with Crippen LogP contribution in [0.1, 0.15) is 5.76 Å². The van der Waals surface area contributed by atoms with E-state index in [1.807, 2.05) is 0 Å². The highest BCUT2D eigenvalue weighted by atomic mass is 35.5. The number of hydrogen-bond acceptors (Lipinski definition) is 5. The van der Waals surface area contributed by atoms with E-state index >= 15 is 0 Å². The average Bonchev–Trinajstić information content (AvgIpc) is 2.77. The summed E-state index contributed by atoms with van der Waals surface area (Å²) in [6.45, 7) is 0. The maximum atomic E-state index is 10.6. The fourth-order valence-electron chi connectivity index (χ4n) is 1.44. The Morgan fingerprint density at radius 2 is 2.17 bits per heavy atom. The maximum absolute atomic E-state index is 10.6. The zero-order valence-corrected chi connectivity index (χ0v) is 9.66. The third kappa shape index (κ3) is 2.33. The summed E-state index contributed by atoms with van der Waals surface area (Å²) in [5, 5.41) is 22.0. The first-order valence-corrected chi connectivity index (χ1v) is 5.21. The molecule has 0 aliphatic rings. The molecule has 0 unspecified atom stereocenters. The zero-order valence-electron chi connectivity index (χ0n) is 8.91. The zero-order chi connectivity index (χ0) is 13.1. The lowest BCUT2D eigenvalue weighted by molar-refractivity contribution is -0.384. The summed E-state index contributed by atoms with van der Waals surface area (Å²) >= 11 is 5.95. The third-order valence-corrected chi connectivity index (χ3v) is 2.55. The van der Waals surface area contributed by atoms with Crippen molar-refractivity contribution in [3.8, 4) is 11.3 Å². The van der Waals surface area contributed by atoms with E-state index in [0.29, 0.717) is 17.1 Å². The smallest absolute Gasteiger partial charge is 0.270 e. The van der Waals surface area contributed by atoms with Crippen molar-refractivity contribution in [1.82, 2.24) is 0 Å². The lowest BCUT2D eigenvalue weighted by Gasteiger charge is -2.00. The number of nitro groups is 1. The number of nitro benzene ring substituents is 1. The molecule has 1 heterocycles. The van der Waals surface area contributed by atoms with Gasteiger partial charge in [0.05, 0.1) is 9.95 Å². The highest BCUT2D eigenvalue weighted by Crippen LogP contribution is 2.31. The second-order valence-electron chi connectivity index (χ2n) is 3.37. The van der Waals surface area contributed by atoms with Gasteiger partial charge in [-0.3, -0.25) is 10.1 Å². The molecule has 0 bridgehead atoms. The van der Waals surface area contributed by atoms with Gasteiger partial charge < -0.3 is 9.62 Å². The fourth-order valence-corrected chi connectivity index (χ4v) is 1.71. The SMILES string of the molecule is O=[N+]([O-])c1ccc(-c2ccc(/C=N/O)o2)c(Cl)c1. The molecule has 0 saturated carbocycles. The van der Waals surface area contributed by atoms with Gasteiger partial charge in [0.2, 0.25) is 0 Å². The Bertz CT molecular complexity index is 621. The van der Waals surface area contributed by atoms with E-state index in [-0.39, 0.29) is 10.7 Å². The molecular formula is C11H7ClN2O4. The lowest BCUT2D eigenvalue weighted by atomic mass is 10.1. The summed E-state index contributed by atoms with van der Waals surface area (Å²) in [6, 6.07) is 7.30. The quantitative estimate of drug-likeness (QED) is 0.399. The van der Waals surface area contributed by atoms with Crippen LogP contribution < -0.4 is 0 Å². The molecule has 0 amide bonds. The number of furan rings is 1. The molecule has 0 radical (unpaired) electrons. The minimum atomic E-state index is -0.526. The number of benzene rings is 1. The molecule has 0 saturated heterocycles. The molecule has 2 aromatic rings. The monoisotopic (exact) mass is 266 g/mol. The number of nitrogens with zero attached hydrogens (tertiary/aromatic N) is 2. The van der Waals surface area contributed by atoms with Crippen LogP contribution in [0, 0.1) is 10.1 Å². The molecule has 1 aromatic carbocycles. The summed E-state index contributed by atoms with van der Waals surface area (Å²) in [6.07, 6.45) is 1.13. The summed E-state index contributed by atoms with van der Waals surface area (Å²) in [5.74, 6) is 0.784. The van der Waals surface area contributed by atoms with Crippen molar-refractivity contribution in [3.63, 3.8) is 0 Å². The Kier molecular flexibility index (Phi) is 3.29. The summed E-state index contributed by atoms with van der Waals surface area (Å²) in [5.41, 5.74) is 0.437. The van der Waals surface area contributed by atoms with Crippen molar-refractivity contribution in [2.75, 3.05) is 0 Å². The minimum absolute atomic E-state index is 0.0903. The van der Waals surface area contributed by atoms with Gasteiger partial charge in [0, 0.05) is 17.7 Å². The van der Waals surface area contributed by atoms with E-state index in [1.54, 1.807) is 12.1 Å². The normalized spacial score (nSPS) is 10.9. The molecule has 0 fully saturated rings. The summed E-state index contributed by atoms with van der Waals surface area (Å²) < 4.78 is 5.33. The van der Waals surface area contributed by atoms with E-state index in [2.05, 4.69) is 5.16 Å². The molecule has 18 heavy (non-hydrogen) atoms. The maximum Gasteiger partial charge on any atom is 0.270 e. The van der Waals surface area contributed by atoms with Gasteiger partial charge in [0.15, 0.2) is 0 Å². The van der Waals surface area contributed by atoms with E-state index in [0.717, 1.165) is 6.21 Å². The minimum Gasteiger partial charge on any atom is -0.455 e. The largest absolute Gasteiger partial charge is 0.455 e. The standard InChI is InChI=1S/C11H7ClN2O4/c12-10-5-7(14(16)17)1-3-9(10)11-4-2-8(18-11)6-13-15/h1-6,15H/b13-6+. The molecule has 7 heteroatoms. The fraction of sp³-hybridized carbons (Fsp3) is 0. The predicted octanol–water partition coefficient (Wildman–Crippen LogP) is 3.32. The van der Waals surface area contributed by atoms with Gasteiger partial charge in [0.1, 0.15) is 17.7 Å². The van der Waals surface area contributed by atoms with Crippen LogP contribution >= 0.6 is 11.6 Å². The van der Waals surface area contributed by atoms with Crippen molar-refractivity contribution in [2.24, 2.45) is 5.16 Å². The van der Waals surface area contributed by atoms with Gasteiger partial charge in [-0.1, -0.05) is 16.8 Å². The number of non-ortho nitro benzene ring substituents is 1. The molecule has 0 aliphatic heterocycles. The molecule has 92 valence electrons. The van der Waals surface area contributed by atoms with Crippen LogP contribution in [0.3, 0.4) is 0 Å². The van der Waals surface area contributed by atoms with Crippen molar-refractivity contribution in [2.45, 2.75) is 0 Å². The Hall–Kier alpha value is -2.34. The summed E-state index contributed by atoms with van der Waals surface area (Å²) in [4.78, 5) is 10.0. The van der Waals surface area contributed by atoms with E-state index < -0.39 is 4.92 Å². The molecule has 2 rings (SSSR count). The van der Waals surface area contributed by atoms with Gasteiger partial charge >= 0.3 is 0 Å². The van der Waals surface area contributed by atoms with Crippen LogP contribution in [-0.2, 0) is 0 Å². The van der Waals surface area contributed by atoms with Gasteiger partial charge in [-0.15, -0.1) is 0 Å². The molecule has 0 spiro atoms. The van der Waals surface area contributed by atoms with Gasteiger partial charge in [-0.2, -0.15) is 0 Å². The third-order valence-electron chi connectivity index (χ3n) is 2.24. The number of hydrogen-bond donors (Lipinski definition) is 1. The Morgan fingerprint density at radius 3 is 2.78 bits per heavy atom. The number of oxime groups is 1. The number of rotatable bonds is 3. The Balaban J connectivity index is 2.41. The van der Waals surface area contributed by atoms with Gasteiger partial charge in [0.25, 0.3) is 5.69 Å². The highest BCUT2D eigenvalue weighted by molar-refractivity contribution is 6.33. The molecule has 1 N–H and O–H groups in total. The Labute approximate surface area is 106 Å². The van der Waals surface area contributed by atoms with Crippen molar-refractivity contribution in [1.29, 1.82) is 0 Å². The van der Waals surface area contributed by atoms with Crippen LogP contribution in [0.25, 0.3) is 11.3 Å². The van der Waals surface area contributed by atoms with Gasteiger partial charge in [-0.25, -0.2) is 0 Å². The van der Waals surface area contributed by atoms with Crippen LogP contribution in [-0.4, -0.2) is 16.3 Å². The van der Waals surface area contributed by atoms with Crippen LogP contribution in [0.15, 0.2) is 39.9 Å². The van der Waals surface area contributed by atoms with Gasteiger partial charge in [-0.05, 0) is 18.2 Å². The lowest BCUT2D eigenvalue weighted by Crippen LogP contribution is -1.88. The van der Waals surface area contributed by atoms with E-state index in [1.165, 1.54) is 18.2 Å². The highest BCUT2D eigenvalue weighted by Gasteiger charge is 2.13. The number of halogens is 1. The molecule has 1 aromatic heterocycles. The molecular weight excluding hydrogens is 260 g/mol. The molecule has 6 nitrogen and oxygen atoms in total. The Morgan fingerprint density at radius 1 is 1.39 bits per heavy atom.